The number of esters is 1. The van der Waals surface area contributed by atoms with Gasteiger partial charge in [0, 0.05) is 26.2 Å². The van der Waals surface area contributed by atoms with Crippen LogP contribution in [0, 0.1) is 11.8 Å². The first-order chi connectivity index (χ1) is 14.7. The van der Waals surface area contributed by atoms with Crippen molar-refractivity contribution >= 4 is 21.9 Å². The molecule has 0 bridgehead atoms. The van der Waals surface area contributed by atoms with E-state index < -0.39 is 22.1 Å². The summed E-state index contributed by atoms with van der Waals surface area (Å²) >= 11 is 0. The van der Waals surface area contributed by atoms with E-state index in [1.807, 2.05) is 0 Å². The molecule has 1 amide bonds. The molecule has 31 heavy (non-hydrogen) atoms. The predicted molar refractivity (Wildman–Crippen MR) is 118 cm³/mol. The molecule has 0 radical (unpaired) electrons. The van der Waals surface area contributed by atoms with Crippen molar-refractivity contribution in [2.24, 2.45) is 11.8 Å². The van der Waals surface area contributed by atoms with E-state index in [0.717, 1.165) is 32.1 Å². The largest absolute Gasteiger partial charge is 0.449 e. The Hall–Kier alpha value is -1.93. The van der Waals surface area contributed by atoms with Gasteiger partial charge in [-0.2, -0.15) is 4.31 Å². The molecule has 3 atom stereocenters. The fourth-order valence-corrected chi connectivity index (χ4v) is 6.29. The van der Waals surface area contributed by atoms with E-state index in [9.17, 15) is 18.0 Å². The Morgan fingerprint density at radius 1 is 1.03 bits per heavy atom. The molecule has 2 heterocycles. The maximum absolute atomic E-state index is 13.1. The molecule has 1 aromatic carbocycles. The summed E-state index contributed by atoms with van der Waals surface area (Å²) in [6.45, 7) is 7.99. The van der Waals surface area contributed by atoms with Crippen LogP contribution in [0.1, 0.15) is 63.2 Å². The van der Waals surface area contributed by atoms with Gasteiger partial charge in [-0.3, -0.25) is 4.79 Å². The molecule has 7 nitrogen and oxygen atoms in total. The van der Waals surface area contributed by atoms with Gasteiger partial charge >= 0.3 is 5.97 Å². The molecular weight excluding hydrogens is 416 g/mol. The van der Waals surface area contributed by atoms with Gasteiger partial charge in [0.05, 0.1) is 10.5 Å². The number of likely N-dealkylation sites (tertiary alicyclic amines) is 1. The van der Waals surface area contributed by atoms with E-state index in [1.165, 1.54) is 22.5 Å². The Labute approximate surface area is 185 Å². The van der Waals surface area contributed by atoms with Crippen molar-refractivity contribution in [2.45, 2.75) is 63.9 Å². The van der Waals surface area contributed by atoms with E-state index in [1.54, 1.807) is 17.9 Å². The lowest BCUT2D eigenvalue weighted by Gasteiger charge is -2.34. The fraction of sp³-hybridized carbons (Fsp3) is 0.652. The number of hydrogen-bond acceptors (Lipinski definition) is 5. The van der Waals surface area contributed by atoms with E-state index in [-0.39, 0.29) is 28.2 Å². The average molecular weight is 451 g/mol. The smallest absolute Gasteiger partial charge is 0.338 e. The van der Waals surface area contributed by atoms with E-state index in [2.05, 4.69) is 13.8 Å². The standard InChI is InChI=1S/C23H34N2O5S/c1-17-13-18(2)16-25(15-17)31(28,29)21-10-8-9-20(14-21)23(27)30-19(3)22(26)24-11-6-4-5-7-12-24/h8-10,14,17-19H,4-7,11-13,15-16H2,1-3H3. The Balaban J connectivity index is 1.70. The van der Waals surface area contributed by atoms with E-state index in [0.29, 0.717) is 26.2 Å². The second-order valence-corrected chi connectivity index (χ2v) is 11.0. The van der Waals surface area contributed by atoms with Gasteiger partial charge in [0.1, 0.15) is 0 Å². The van der Waals surface area contributed by atoms with Gasteiger partial charge < -0.3 is 9.64 Å². The minimum atomic E-state index is -3.70. The first-order valence-electron chi connectivity index (χ1n) is 11.3. The second-order valence-electron chi connectivity index (χ2n) is 9.08. The number of amides is 1. The predicted octanol–water partition coefficient (Wildman–Crippen LogP) is 3.30. The number of piperidine rings is 1. The third-order valence-electron chi connectivity index (χ3n) is 6.09. The number of carbonyl (C=O) groups is 2. The zero-order chi connectivity index (χ0) is 22.6. The molecule has 2 aliphatic rings. The van der Waals surface area contributed by atoms with Gasteiger partial charge in [0.2, 0.25) is 10.0 Å². The minimum absolute atomic E-state index is 0.0785. The Morgan fingerprint density at radius 3 is 2.26 bits per heavy atom. The highest BCUT2D eigenvalue weighted by Gasteiger charge is 2.32. The van der Waals surface area contributed by atoms with Crippen molar-refractivity contribution < 1.29 is 22.7 Å². The van der Waals surface area contributed by atoms with Crippen LogP contribution >= 0.6 is 0 Å². The van der Waals surface area contributed by atoms with Crippen molar-refractivity contribution in [2.75, 3.05) is 26.2 Å². The van der Waals surface area contributed by atoms with E-state index in [4.69, 9.17) is 4.74 Å². The molecule has 0 spiro atoms. The molecule has 172 valence electrons. The highest BCUT2D eigenvalue weighted by Crippen LogP contribution is 2.27. The van der Waals surface area contributed by atoms with Crippen molar-refractivity contribution in [3.05, 3.63) is 29.8 Å². The molecular formula is C23H34N2O5S. The number of sulfonamides is 1. The molecule has 3 rings (SSSR count). The molecule has 0 saturated carbocycles. The number of rotatable bonds is 5. The summed E-state index contributed by atoms with van der Waals surface area (Å²) in [5, 5.41) is 0. The lowest BCUT2D eigenvalue weighted by atomic mass is 9.94. The van der Waals surface area contributed by atoms with Crippen molar-refractivity contribution in [1.29, 1.82) is 0 Å². The molecule has 8 heteroatoms. The zero-order valence-corrected chi connectivity index (χ0v) is 19.6. The number of ether oxygens (including phenoxy) is 1. The van der Waals surface area contributed by atoms with E-state index >= 15 is 0 Å². The maximum atomic E-state index is 13.1. The molecule has 0 aliphatic carbocycles. The van der Waals surface area contributed by atoms with Gasteiger partial charge in [-0.1, -0.05) is 32.8 Å². The summed E-state index contributed by atoms with van der Waals surface area (Å²) < 4.78 is 33.2. The lowest BCUT2D eigenvalue weighted by molar-refractivity contribution is -0.139. The summed E-state index contributed by atoms with van der Waals surface area (Å²) in [5.41, 5.74) is 0.134. The third-order valence-corrected chi connectivity index (χ3v) is 7.92. The van der Waals surface area contributed by atoms with Crippen LogP contribution in [0.3, 0.4) is 0 Å². The topological polar surface area (TPSA) is 84.0 Å². The van der Waals surface area contributed by atoms with Crippen LogP contribution in [-0.2, 0) is 19.6 Å². The Bertz CT molecular complexity index is 883. The highest BCUT2D eigenvalue weighted by atomic mass is 32.2. The van der Waals surface area contributed by atoms with Crippen LogP contribution in [0.4, 0.5) is 0 Å². The van der Waals surface area contributed by atoms with Crippen LogP contribution in [0.25, 0.3) is 0 Å². The maximum Gasteiger partial charge on any atom is 0.338 e. The summed E-state index contributed by atoms with van der Waals surface area (Å²) in [6.07, 6.45) is 4.22. The Morgan fingerprint density at radius 2 is 1.65 bits per heavy atom. The van der Waals surface area contributed by atoms with Crippen molar-refractivity contribution in [1.82, 2.24) is 9.21 Å². The van der Waals surface area contributed by atoms with Gasteiger partial charge in [0.25, 0.3) is 5.91 Å². The minimum Gasteiger partial charge on any atom is -0.449 e. The van der Waals surface area contributed by atoms with Gasteiger partial charge in [0.15, 0.2) is 6.10 Å². The first-order valence-corrected chi connectivity index (χ1v) is 12.7. The quantitative estimate of drug-likeness (QED) is 0.643. The molecule has 2 saturated heterocycles. The molecule has 0 N–H and O–H groups in total. The molecule has 2 aliphatic heterocycles. The van der Waals surface area contributed by atoms with Crippen LogP contribution in [0.2, 0.25) is 0 Å². The van der Waals surface area contributed by atoms with Gasteiger partial charge in [-0.05, 0) is 56.2 Å². The molecule has 0 aromatic heterocycles. The van der Waals surface area contributed by atoms with Crippen LogP contribution < -0.4 is 0 Å². The third kappa shape index (κ3) is 5.86. The number of nitrogens with zero attached hydrogens (tertiary/aromatic N) is 2. The molecule has 1 aromatic rings. The average Bonchev–Trinajstić information content (AvgIpc) is 3.02. The highest BCUT2D eigenvalue weighted by molar-refractivity contribution is 7.89. The Kier molecular flexibility index (Phi) is 7.75. The van der Waals surface area contributed by atoms with Crippen molar-refractivity contribution in [3.8, 4) is 0 Å². The lowest BCUT2D eigenvalue weighted by Crippen LogP contribution is -2.42. The summed E-state index contributed by atoms with van der Waals surface area (Å²) in [4.78, 5) is 27.2. The summed E-state index contributed by atoms with van der Waals surface area (Å²) in [5.74, 6) is -0.307. The van der Waals surface area contributed by atoms with Crippen LogP contribution in [0.5, 0.6) is 0 Å². The molecule has 2 fully saturated rings. The summed E-state index contributed by atoms with van der Waals surface area (Å²) in [6, 6.07) is 5.92. The van der Waals surface area contributed by atoms with Crippen LogP contribution in [0.15, 0.2) is 29.2 Å². The molecule has 3 unspecified atom stereocenters. The first kappa shape index (κ1) is 23.7. The van der Waals surface area contributed by atoms with Crippen LogP contribution in [-0.4, -0.2) is 61.8 Å². The fourth-order valence-electron chi connectivity index (χ4n) is 4.56. The summed E-state index contributed by atoms with van der Waals surface area (Å²) in [7, 11) is -3.70. The second kappa shape index (κ2) is 10.1. The number of hydrogen-bond donors (Lipinski definition) is 0. The number of carbonyl (C=O) groups excluding carboxylic acids is 2. The van der Waals surface area contributed by atoms with Gasteiger partial charge in [-0.15, -0.1) is 0 Å². The SMILES string of the molecule is CC1CC(C)CN(S(=O)(=O)c2cccc(C(=O)OC(C)C(=O)N3CCCCCC3)c2)C1. The normalized spacial score (nSPS) is 24.3. The van der Waals surface area contributed by atoms with Gasteiger partial charge in [-0.25, -0.2) is 13.2 Å². The van der Waals surface area contributed by atoms with Crippen molar-refractivity contribution in [3.63, 3.8) is 0 Å². The zero-order valence-electron chi connectivity index (χ0n) is 18.7. The number of benzene rings is 1. The monoisotopic (exact) mass is 450 g/mol.